The Morgan fingerprint density at radius 1 is 1.24 bits per heavy atom. The molecule has 0 aromatic heterocycles. The van der Waals surface area contributed by atoms with Crippen LogP contribution in [0.25, 0.3) is 0 Å². The highest BCUT2D eigenvalue weighted by atomic mass is 35.5. The van der Waals surface area contributed by atoms with Crippen LogP contribution in [0.2, 0.25) is 5.02 Å². The van der Waals surface area contributed by atoms with Gasteiger partial charge in [0, 0.05) is 21.2 Å². The fraction of sp³-hybridized carbons (Fsp3) is 0.571. The highest BCUT2D eigenvalue weighted by Crippen LogP contribution is 2.34. The molecule has 0 aliphatic heterocycles. The van der Waals surface area contributed by atoms with Crippen molar-refractivity contribution >= 4 is 23.4 Å². The molecular formula is C14H20ClNS. The van der Waals surface area contributed by atoms with Gasteiger partial charge < -0.3 is 5.32 Å². The lowest BCUT2D eigenvalue weighted by atomic mass is 9.95. The van der Waals surface area contributed by atoms with E-state index in [9.17, 15) is 0 Å². The molecule has 0 heterocycles. The molecule has 1 saturated carbocycles. The Labute approximate surface area is 113 Å². The van der Waals surface area contributed by atoms with Gasteiger partial charge in [0.15, 0.2) is 0 Å². The molecule has 0 spiro atoms. The number of aryl methyl sites for hydroxylation is 1. The van der Waals surface area contributed by atoms with Crippen molar-refractivity contribution in [3.63, 3.8) is 0 Å². The average Bonchev–Trinajstić information content (AvgIpc) is 2.35. The molecule has 1 aromatic rings. The quantitative estimate of drug-likeness (QED) is 0.879. The normalized spacial score (nSPS) is 24.9. The second-order valence-corrected chi connectivity index (χ2v) is 6.57. The molecule has 0 bridgehead atoms. The van der Waals surface area contributed by atoms with E-state index in [-0.39, 0.29) is 0 Å². The summed E-state index contributed by atoms with van der Waals surface area (Å²) in [6.45, 7) is 2.07. The van der Waals surface area contributed by atoms with Crippen molar-refractivity contribution in [2.24, 2.45) is 0 Å². The molecule has 0 saturated heterocycles. The third-order valence-electron chi connectivity index (χ3n) is 3.51. The van der Waals surface area contributed by atoms with Gasteiger partial charge in [0.05, 0.1) is 0 Å². The predicted octanol–water partition coefficient (Wildman–Crippen LogP) is 4.27. The van der Waals surface area contributed by atoms with Crippen LogP contribution in [0.5, 0.6) is 0 Å². The van der Waals surface area contributed by atoms with Crippen molar-refractivity contribution in [1.82, 2.24) is 5.32 Å². The Bertz CT molecular complexity index is 372. The van der Waals surface area contributed by atoms with E-state index >= 15 is 0 Å². The standard InChI is InChI=1S/C14H20ClNS/c1-10-9-13(7-8-14(10)15)17-12-5-3-11(16-2)4-6-12/h7-9,11-12,16H,3-6H2,1-2H3. The van der Waals surface area contributed by atoms with E-state index in [0.29, 0.717) is 0 Å². The fourth-order valence-electron chi connectivity index (χ4n) is 2.35. The number of hydrogen-bond donors (Lipinski definition) is 1. The molecule has 1 N–H and O–H groups in total. The van der Waals surface area contributed by atoms with Gasteiger partial charge in [0.1, 0.15) is 0 Å². The minimum absolute atomic E-state index is 0.735. The van der Waals surface area contributed by atoms with Crippen molar-refractivity contribution in [2.45, 2.75) is 48.8 Å². The van der Waals surface area contributed by atoms with Crippen LogP contribution in [0.1, 0.15) is 31.2 Å². The maximum atomic E-state index is 6.04. The SMILES string of the molecule is CNC1CCC(Sc2ccc(Cl)c(C)c2)CC1. The first-order chi connectivity index (χ1) is 8.19. The molecule has 94 valence electrons. The van der Waals surface area contributed by atoms with Crippen LogP contribution >= 0.6 is 23.4 Å². The average molecular weight is 270 g/mol. The highest BCUT2D eigenvalue weighted by molar-refractivity contribution is 8.00. The predicted molar refractivity (Wildman–Crippen MR) is 77.1 cm³/mol. The van der Waals surface area contributed by atoms with Gasteiger partial charge in [-0.25, -0.2) is 0 Å². The molecule has 1 fully saturated rings. The fourth-order valence-corrected chi connectivity index (χ4v) is 3.75. The van der Waals surface area contributed by atoms with Crippen molar-refractivity contribution < 1.29 is 0 Å². The van der Waals surface area contributed by atoms with Crippen LogP contribution in [0, 0.1) is 6.92 Å². The Hall–Kier alpha value is -0.180. The highest BCUT2D eigenvalue weighted by Gasteiger charge is 2.20. The van der Waals surface area contributed by atoms with E-state index in [0.717, 1.165) is 16.3 Å². The summed E-state index contributed by atoms with van der Waals surface area (Å²) in [5.41, 5.74) is 1.18. The Morgan fingerprint density at radius 3 is 2.53 bits per heavy atom. The lowest BCUT2D eigenvalue weighted by Gasteiger charge is -2.27. The third kappa shape index (κ3) is 3.64. The summed E-state index contributed by atoms with van der Waals surface area (Å²) in [6, 6.07) is 7.10. The van der Waals surface area contributed by atoms with Crippen LogP contribution in [0.3, 0.4) is 0 Å². The number of rotatable bonds is 3. The molecule has 1 aliphatic rings. The topological polar surface area (TPSA) is 12.0 Å². The number of nitrogens with one attached hydrogen (secondary N) is 1. The summed E-state index contributed by atoms with van der Waals surface area (Å²) >= 11 is 8.06. The van der Waals surface area contributed by atoms with Crippen molar-refractivity contribution in [3.8, 4) is 0 Å². The zero-order valence-electron chi connectivity index (χ0n) is 10.5. The van der Waals surface area contributed by atoms with Gasteiger partial charge in [-0.05, 0) is 63.4 Å². The van der Waals surface area contributed by atoms with E-state index in [4.69, 9.17) is 11.6 Å². The van der Waals surface area contributed by atoms with Crippen LogP contribution in [0.4, 0.5) is 0 Å². The van der Waals surface area contributed by atoms with Gasteiger partial charge in [-0.3, -0.25) is 0 Å². The summed E-state index contributed by atoms with van der Waals surface area (Å²) in [5, 5.41) is 5.02. The first-order valence-corrected chi connectivity index (χ1v) is 7.55. The molecule has 17 heavy (non-hydrogen) atoms. The summed E-state index contributed by atoms with van der Waals surface area (Å²) in [5.74, 6) is 0. The molecule has 2 rings (SSSR count). The second-order valence-electron chi connectivity index (χ2n) is 4.79. The van der Waals surface area contributed by atoms with Gasteiger partial charge in [-0.2, -0.15) is 0 Å². The molecule has 3 heteroatoms. The van der Waals surface area contributed by atoms with Gasteiger partial charge in [-0.1, -0.05) is 11.6 Å². The number of hydrogen-bond acceptors (Lipinski definition) is 2. The maximum Gasteiger partial charge on any atom is 0.0435 e. The van der Waals surface area contributed by atoms with Gasteiger partial charge in [0.25, 0.3) is 0 Å². The molecule has 0 atom stereocenters. The van der Waals surface area contributed by atoms with Crippen molar-refractivity contribution in [3.05, 3.63) is 28.8 Å². The third-order valence-corrected chi connectivity index (χ3v) is 5.27. The smallest absolute Gasteiger partial charge is 0.0435 e. The molecule has 1 aromatic carbocycles. The van der Waals surface area contributed by atoms with Crippen LogP contribution in [0.15, 0.2) is 23.1 Å². The minimum Gasteiger partial charge on any atom is -0.317 e. The van der Waals surface area contributed by atoms with E-state index in [1.807, 2.05) is 17.8 Å². The molecule has 0 amide bonds. The maximum absolute atomic E-state index is 6.04. The summed E-state index contributed by atoms with van der Waals surface area (Å²) in [6.07, 6.45) is 5.25. The Kier molecular flexibility index (Phi) is 4.78. The lowest BCUT2D eigenvalue weighted by Crippen LogP contribution is -2.30. The van der Waals surface area contributed by atoms with Crippen LogP contribution in [-0.4, -0.2) is 18.3 Å². The lowest BCUT2D eigenvalue weighted by molar-refractivity contribution is 0.401. The second kappa shape index (κ2) is 6.12. The first-order valence-electron chi connectivity index (χ1n) is 6.29. The summed E-state index contributed by atoms with van der Waals surface area (Å²) in [4.78, 5) is 1.36. The Morgan fingerprint density at radius 2 is 1.94 bits per heavy atom. The van der Waals surface area contributed by atoms with Gasteiger partial charge in [-0.15, -0.1) is 11.8 Å². The monoisotopic (exact) mass is 269 g/mol. The molecule has 1 nitrogen and oxygen atoms in total. The molecule has 0 radical (unpaired) electrons. The van der Waals surface area contributed by atoms with Crippen LogP contribution < -0.4 is 5.32 Å². The number of halogens is 1. The summed E-state index contributed by atoms with van der Waals surface area (Å²) < 4.78 is 0. The number of thioether (sulfide) groups is 1. The Balaban J connectivity index is 1.91. The van der Waals surface area contributed by atoms with E-state index in [2.05, 4.69) is 31.4 Å². The van der Waals surface area contributed by atoms with E-state index in [1.54, 1.807) is 0 Å². The zero-order valence-corrected chi connectivity index (χ0v) is 12.1. The van der Waals surface area contributed by atoms with Gasteiger partial charge >= 0.3 is 0 Å². The molecule has 0 unspecified atom stereocenters. The van der Waals surface area contributed by atoms with Gasteiger partial charge in [0.2, 0.25) is 0 Å². The van der Waals surface area contributed by atoms with E-state index < -0.39 is 0 Å². The molecular weight excluding hydrogens is 250 g/mol. The summed E-state index contributed by atoms with van der Waals surface area (Å²) in [7, 11) is 2.07. The van der Waals surface area contributed by atoms with Crippen LogP contribution in [-0.2, 0) is 0 Å². The zero-order chi connectivity index (χ0) is 12.3. The number of benzene rings is 1. The van der Waals surface area contributed by atoms with Crippen molar-refractivity contribution in [2.75, 3.05) is 7.05 Å². The first kappa shape index (κ1) is 13.3. The molecule has 1 aliphatic carbocycles. The van der Waals surface area contributed by atoms with Crippen molar-refractivity contribution in [1.29, 1.82) is 0 Å². The largest absolute Gasteiger partial charge is 0.317 e. The minimum atomic E-state index is 0.735. The van der Waals surface area contributed by atoms with E-state index in [1.165, 1.54) is 36.1 Å².